The highest BCUT2D eigenvalue weighted by Crippen LogP contribution is 2.37. The number of nitrogens with one attached hydrogen (secondary N) is 2. The first-order chi connectivity index (χ1) is 14.6. The van der Waals surface area contributed by atoms with E-state index in [0.29, 0.717) is 33.6 Å². The highest BCUT2D eigenvalue weighted by Gasteiger charge is 2.16. The molecule has 2 N–H and O–H groups in total. The molecule has 0 aliphatic carbocycles. The number of aryl methyl sites for hydroxylation is 1. The Morgan fingerprint density at radius 3 is 2.67 bits per heavy atom. The van der Waals surface area contributed by atoms with Crippen molar-refractivity contribution in [2.45, 2.75) is 13.3 Å². The van der Waals surface area contributed by atoms with Gasteiger partial charge in [-0.2, -0.15) is 15.5 Å². The number of hydrogen-bond donors (Lipinski definition) is 2. The molecule has 0 spiro atoms. The van der Waals surface area contributed by atoms with Gasteiger partial charge in [0.15, 0.2) is 0 Å². The molecule has 0 aliphatic heterocycles. The monoisotopic (exact) mass is 414 g/mol. The van der Waals surface area contributed by atoms with Gasteiger partial charge in [-0.3, -0.25) is 0 Å². The summed E-state index contributed by atoms with van der Waals surface area (Å²) in [6.45, 7) is 1.90. The summed E-state index contributed by atoms with van der Waals surface area (Å²) in [5.41, 5.74) is 4.32. The Kier molecular flexibility index (Phi) is 5.21. The van der Waals surface area contributed by atoms with Crippen LogP contribution in [0, 0.1) is 29.6 Å². The van der Waals surface area contributed by atoms with E-state index in [4.69, 9.17) is 26.5 Å². The molecule has 0 atom stereocenters. The van der Waals surface area contributed by atoms with Crippen LogP contribution in [0.1, 0.15) is 16.7 Å². The summed E-state index contributed by atoms with van der Waals surface area (Å²) in [7, 11) is 0. The molecule has 0 saturated carbocycles. The SMILES string of the molecule is Cc1c(Nc2ccnc(Nc3ccc(C#N)cc3)n2)c(Cl)cc2c(CC#N)coc12. The minimum atomic E-state index is 0.256. The van der Waals surface area contributed by atoms with Gasteiger partial charge in [0.05, 0.1) is 41.1 Å². The van der Waals surface area contributed by atoms with Gasteiger partial charge in [-0.15, -0.1) is 0 Å². The number of aromatic nitrogens is 2. The third-order valence-corrected chi connectivity index (χ3v) is 4.88. The second-order valence-electron chi connectivity index (χ2n) is 6.54. The Morgan fingerprint density at radius 2 is 1.93 bits per heavy atom. The van der Waals surface area contributed by atoms with Crippen LogP contribution in [0.25, 0.3) is 11.0 Å². The zero-order chi connectivity index (χ0) is 21.1. The van der Waals surface area contributed by atoms with Crippen molar-refractivity contribution in [2.75, 3.05) is 10.6 Å². The second kappa shape index (κ2) is 8.12. The molecule has 0 aliphatic rings. The maximum absolute atomic E-state index is 8.97. The largest absolute Gasteiger partial charge is 0.464 e. The number of rotatable bonds is 5. The molecule has 7 nitrogen and oxygen atoms in total. The maximum atomic E-state index is 8.97. The lowest BCUT2D eigenvalue weighted by Crippen LogP contribution is -2.02. The molecule has 0 amide bonds. The van der Waals surface area contributed by atoms with Crippen LogP contribution in [0.3, 0.4) is 0 Å². The molecule has 4 aromatic rings. The van der Waals surface area contributed by atoms with Crippen LogP contribution in [0.4, 0.5) is 23.1 Å². The van der Waals surface area contributed by atoms with Crippen molar-refractivity contribution in [3.63, 3.8) is 0 Å². The van der Waals surface area contributed by atoms with Crippen molar-refractivity contribution >= 4 is 45.7 Å². The predicted octanol–water partition coefficient (Wildman–Crippen LogP) is 5.61. The van der Waals surface area contributed by atoms with Crippen LogP contribution in [0.5, 0.6) is 0 Å². The van der Waals surface area contributed by atoms with E-state index >= 15 is 0 Å². The molecular formula is C22H15ClN6O. The summed E-state index contributed by atoms with van der Waals surface area (Å²) in [6.07, 6.45) is 3.47. The molecule has 2 heterocycles. The first-order valence-corrected chi connectivity index (χ1v) is 9.40. The average Bonchev–Trinajstić information content (AvgIpc) is 3.15. The Hall–Kier alpha value is -4.07. The zero-order valence-electron chi connectivity index (χ0n) is 15.9. The predicted molar refractivity (Wildman–Crippen MR) is 115 cm³/mol. The topological polar surface area (TPSA) is 111 Å². The number of nitrogens with zero attached hydrogens (tertiary/aromatic N) is 4. The Morgan fingerprint density at radius 1 is 1.13 bits per heavy atom. The molecule has 2 aromatic heterocycles. The van der Waals surface area contributed by atoms with E-state index in [1.165, 1.54) is 0 Å². The van der Waals surface area contributed by atoms with Gasteiger partial charge in [0.1, 0.15) is 11.4 Å². The highest BCUT2D eigenvalue weighted by atomic mass is 35.5. The minimum Gasteiger partial charge on any atom is -0.464 e. The van der Waals surface area contributed by atoms with Crippen LogP contribution < -0.4 is 10.6 Å². The molecule has 146 valence electrons. The van der Waals surface area contributed by atoms with Gasteiger partial charge < -0.3 is 15.1 Å². The second-order valence-corrected chi connectivity index (χ2v) is 6.94. The van der Waals surface area contributed by atoms with E-state index in [2.05, 4.69) is 32.7 Å². The number of furan rings is 1. The van der Waals surface area contributed by atoms with Crippen molar-refractivity contribution in [3.05, 3.63) is 70.6 Å². The molecule has 0 saturated heterocycles. The number of nitriles is 2. The van der Waals surface area contributed by atoms with Crippen molar-refractivity contribution in [2.24, 2.45) is 0 Å². The zero-order valence-corrected chi connectivity index (χ0v) is 16.7. The van der Waals surface area contributed by atoms with E-state index in [-0.39, 0.29) is 6.42 Å². The van der Waals surface area contributed by atoms with Crippen LogP contribution in [-0.2, 0) is 6.42 Å². The number of anilines is 4. The van der Waals surface area contributed by atoms with Crippen molar-refractivity contribution in [3.8, 4) is 12.1 Å². The molecular weight excluding hydrogens is 400 g/mol. The van der Waals surface area contributed by atoms with Gasteiger partial charge in [0.2, 0.25) is 5.95 Å². The minimum absolute atomic E-state index is 0.256. The first kappa shape index (κ1) is 19.3. The molecule has 8 heteroatoms. The molecule has 30 heavy (non-hydrogen) atoms. The molecule has 0 radical (unpaired) electrons. The molecule has 0 fully saturated rings. The third kappa shape index (κ3) is 3.75. The first-order valence-electron chi connectivity index (χ1n) is 9.02. The summed E-state index contributed by atoms with van der Waals surface area (Å²) < 4.78 is 5.67. The summed E-state index contributed by atoms with van der Waals surface area (Å²) >= 11 is 6.51. The Labute approximate surface area is 177 Å². The third-order valence-electron chi connectivity index (χ3n) is 4.58. The van der Waals surface area contributed by atoms with Crippen molar-refractivity contribution in [1.29, 1.82) is 10.5 Å². The van der Waals surface area contributed by atoms with Gasteiger partial charge >= 0.3 is 0 Å². The number of fused-ring (bicyclic) bond motifs is 1. The Balaban J connectivity index is 1.61. The smallest absolute Gasteiger partial charge is 0.229 e. The van der Waals surface area contributed by atoms with E-state index in [9.17, 15) is 0 Å². The van der Waals surface area contributed by atoms with Gasteiger partial charge in [0, 0.05) is 28.4 Å². The van der Waals surface area contributed by atoms with Crippen LogP contribution in [0.2, 0.25) is 5.02 Å². The lowest BCUT2D eigenvalue weighted by Gasteiger charge is -2.13. The molecule has 0 bridgehead atoms. The fourth-order valence-electron chi connectivity index (χ4n) is 3.09. The van der Waals surface area contributed by atoms with Crippen molar-refractivity contribution in [1.82, 2.24) is 9.97 Å². The summed E-state index contributed by atoms with van der Waals surface area (Å²) in [5.74, 6) is 0.947. The van der Waals surface area contributed by atoms with Gasteiger partial charge in [-0.05, 0) is 43.3 Å². The number of halogens is 1. The fourth-order valence-corrected chi connectivity index (χ4v) is 3.39. The van der Waals surface area contributed by atoms with Gasteiger partial charge in [-0.1, -0.05) is 11.6 Å². The number of hydrogen-bond acceptors (Lipinski definition) is 7. The normalized spacial score (nSPS) is 10.4. The molecule has 0 unspecified atom stereocenters. The standard InChI is InChI=1S/C22H15ClN6O/c1-13-20(18(23)10-17-15(6-8-24)12-30-21(13)17)28-19-7-9-26-22(29-19)27-16-4-2-14(11-25)3-5-16/h2-5,7,9-10,12H,6H2,1H3,(H2,26,27,28,29). The summed E-state index contributed by atoms with van der Waals surface area (Å²) in [6, 6.07) is 14.7. The van der Waals surface area contributed by atoms with E-state index < -0.39 is 0 Å². The molecule has 2 aromatic carbocycles. The van der Waals surface area contributed by atoms with Crippen LogP contribution >= 0.6 is 11.6 Å². The van der Waals surface area contributed by atoms with E-state index in [1.54, 1.807) is 48.9 Å². The Bertz CT molecular complexity index is 1310. The van der Waals surface area contributed by atoms with Crippen LogP contribution in [0.15, 0.2) is 53.3 Å². The van der Waals surface area contributed by atoms with Crippen molar-refractivity contribution < 1.29 is 4.42 Å². The van der Waals surface area contributed by atoms with E-state index in [1.807, 2.05) is 6.92 Å². The fraction of sp³-hybridized carbons (Fsp3) is 0.0909. The number of benzene rings is 2. The molecule has 4 rings (SSSR count). The van der Waals surface area contributed by atoms with Gasteiger partial charge in [0.25, 0.3) is 0 Å². The summed E-state index contributed by atoms with van der Waals surface area (Å²) in [4.78, 5) is 8.70. The van der Waals surface area contributed by atoms with E-state index in [0.717, 1.165) is 22.2 Å². The lowest BCUT2D eigenvalue weighted by molar-refractivity contribution is 0.610. The maximum Gasteiger partial charge on any atom is 0.229 e. The average molecular weight is 415 g/mol. The lowest BCUT2D eigenvalue weighted by atomic mass is 10.1. The quantitative estimate of drug-likeness (QED) is 0.436. The summed E-state index contributed by atoms with van der Waals surface area (Å²) in [5, 5.41) is 25.5. The van der Waals surface area contributed by atoms with Crippen LogP contribution in [-0.4, -0.2) is 9.97 Å². The van der Waals surface area contributed by atoms with Gasteiger partial charge in [-0.25, -0.2) is 4.98 Å². The highest BCUT2D eigenvalue weighted by molar-refractivity contribution is 6.34.